The summed E-state index contributed by atoms with van der Waals surface area (Å²) in [4.78, 5) is 12.2. The van der Waals surface area contributed by atoms with E-state index in [4.69, 9.17) is 10.9 Å². The van der Waals surface area contributed by atoms with E-state index in [0.29, 0.717) is 16.8 Å². The summed E-state index contributed by atoms with van der Waals surface area (Å²) in [5.41, 5.74) is 7.01. The molecule has 0 spiro atoms. The second kappa shape index (κ2) is 6.38. The summed E-state index contributed by atoms with van der Waals surface area (Å²) in [6.07, 6.45) is 0. The molecule has 0 saturated carbocycles. The summed E-state index contributed by atoms with van der Waals surface area (Å²) in [6.45, 7) is 0. The Labute approximate surface area is 135 Å². The highest BCUT2D eigenvalue weighted by atomic mass is 79.9. The van der Waals surface area contributed by atoms with Crippen molar-refractivity contribution in [2.24, 2.45) is 10.9 Å². The third-order valence-electron chi connectivity index (χ3n) is 2.46. The van der Waals surface area contributed by atoms with Gasteiger partial charge in [0.25, 0.3) is 5.91 Å². The van der Waals surface area contributed by atoms with Gasteiger partial charge < -0.3 is 16.3 Å². The minimum Gasteiger partial charge on any atom is -0.409 e. The largest absolute Gasteiger partial charge is 0.409 e. The van der Waals surface area contributed by atoms with Gasteiger partial charge in [-0.15, -0.1) is 11.3 Å². The maximum Gasteiger partial charge on any atom is 0.257 e. The van der Waals surface area contributed by atoms with Crippen molar-refractivity contribution in [1.29, 1.82) is 0 Å². The molecule has 0 saturated heterocycles. The maximum atomic E-state index is 12.2. The number of oxime groups is 1. The number of amides is 1. The Kier molecular flexibility index (Phi) is 4.79. The van der Waals surface area contributed by atoms with Crippen LogP contribution in [0, 0.1) is 0 Å². The van der Waals surface area contributed by atoms with Crippen LogP contribution in [0.1, 0.15) is 15.9 Å². The van der Waals surface area contributed by atoms with Crippen LogP contribution in [0.2, 0.25) is 0 Å². The number of nitrogens with zero attached hydrogens (tertiary/aromatic N) is 1. The van der Waals surface area contributed by atoms with E-state index >= 15 is 0 Å². The first kappa shape index (κ1) is 15.0. The number of nitrogens with one attached hydrogen (secondary N) is 1. The SMILES string of the molecule is N/C(=N/O)c1ccccc1NC(=O)c1cc(Br)sc1Br. The Balaban J connectivity index is 2.31. The minimum atomic E-state index is -0.281. The number of hydrogen-bond donors (Lipinski definition) is 3. The summed E-state index contributed by atoms with van der Waals surface area (Å²) < 4.78 is 1.57. The van der Waals surface area contributed by atoms with E-state index in [-0.39, 0.29) is 11.7 Å². The van der Waals surface area contributed by atoms with Crippen molar-refractivity contribution in [3.8, 4) is 0 Å². The predicted molar refractivity (Wildman–Crippen MR) is 86.6 cm³/mol. The number of hydrogen-bond acceptors (Lipinski definition) is 4. The van der Waals surface area contributed by atoms with E-state index in [1.165, 1.54) is 11.3 Å². The molecule has 1 heterocycles. The Morgan fingerprint density at radius 3 is 2.60 bits per heavy atom. The number of rotatable bonds is 3. The van der Waals surface area contributed by atoms with Crippen molar-refractivity contribution in [2.75, 3.05) is 5.32 Å². The summed E-state index contributed by atoms with van der Waals surface area (Å²) in [6, 6.07) is 8.54. The molecule has 0 fully saturated rings. The van der Waals surface area contributed by atoms with E-state index < -0.39 is 0 Å². The number of benzene rings is 1. The van der Waals surface area contributed by atoms with E-state index in [2.05, 4.69) is 42.3 Å². The zero-order valence-corrected chi connectivity index (χ0v) is 13.9. The van der Waals surface area contributed by atoms with Gasteiger partial charge >= 0.3 is 0 Å². The van der Waals surface area contributed by atoms with Crippen LogP contribution in [0.25, 0.3) is 0 Å². The van der Waals surface area contributed by atoms with Gasteiger partial charge in [-0.1, -0.05) is 17.3 Å². The predicted octanol–water partition coefficient (Wildman–Crippen LogP) is 3.62. The van der Waals surface area contributed by atoms with E-state index in [1.807, 2.05) is 0 Å². The fourth-order valence-corrected chi connectivity index (χ4v) is 4.35. The highest BCUT2D eigenvalue weighted by molar-refractivity contribution is 9.12. The van der Waals surface area contributed by atoms with Crippen molar-refractivity contribution in [3.63, 3.8) is 0 Å². The molecule has 104 valence electrons. The number of amidine groups is 1. The van der Waals surface area contributed by atoms with Gasteiger partial charge in [0.2, 0.25) is 0 Å². The number of nitrogens with two attached hydrogens (primary N) is 1. The lowest BCUT2D eigenvalue weighted by atomic mass is 10.1. The Bertz CT molecular complexity index is 685. The molecular formula is C12H9Br2N3O2S. The third-order valence-corrected chi connectivity index (χ3v) is 4.80. The standard InChI is InChI=1S/C12H9Br2N3O2S/c13-9-5-7(10(14)20-9)12(18)16-8-4-2-1-3-6(8)11(15)17-19/h1-5,19H,(H2,15,17)(H,16,18). The molecule has 4 N–H and O–H groups in total. The maximum absolute atomic E-state index is 12.2. The van der Waals surface area contributed by atoms with Gasteiger partial charge in [0, 0.05) is 5.56 Å². The average molecular weight is 419 g/mol. The van der Waals surface area contributed by atoms with Crippen molar-refractivity contribution in [2.45, 2.75) is 0 Å². The molecule has 1 amide bonds. The van der Waals surface area contributed by atoms with E-state index in [1.54, 1.807) is 30.3 Å². The fourth-order valence-electron chi connectivity index (χ4n) is 1.55. The van der Waals surface area contributed by atoms with Crippen molar-refractivity contribution < 1.29 is 10.0 Å². The number of halogens is 2. The molecule has 0 bridgehead atoms. The summed E-state index contributed by atoms with van der Waals surface area (Å²) in [5, 5.41) is 14.4. The van der Waals surface area contributed by atoms with Crippen LogP contribution >= 0.6 is 43.2 Å². The van der Waals surface area contributed by atoms with Gasteiger partial charge in [-0.2, -0.15) is 0 Å². The van der Waals surface area contributed by atoms with Gasteiger partial charge in [-0.05, 0) is 50.1 Å². The Hall–Kier alpha value is -1.38. The van der Waals surface area contributed by atoms with E-state index in [9.17, 15) is 4.79 Å². The molecule has 0 unspecified atom stereocenters. The first-order valence-electron chi connectivity index (χ1n) is 5.36. The van der Waals surface area contributed by atoms with Gasteiger partial charge in [0.1, 0.15) is 0 Å². The summed E-state index contributed by atoms with van der Waals surface area (Å²) in [7, 11) is 0. The van der Waals surface area contributed by atoms with Crippen molar-refractivity contribution in [3.05, 3.63) is 49.0 Å². The average Bonchev–Trinajstić information content (AvgIpc) is 2.77. The molecule has 8 heteroatoms. The van der Waals surface area contributed by atoms with Crippen molar-refractivity contribution >= 4 is 60.6 Å². The molecule has 0 radical (unpaired) electrons. The molecular weight excluding hydrogens is 410 g/mol. The van der Waals surface area contributed by atoms with E-state index in [0.717, 1.165) is 7.57 Å². The van der Waals surface area contributed by atoms with Crippen LogP contribution in [0.4, 0.5) is 5.69 Å². The minimum absolute atomic E-state index is 0.0635. The molecule has 0 atom stereocenters. The third kappa shape index (κ3) is 3.20. The zero-order valence-electron chi connectivity index (χ0n) is 9.93. The first-order chi connectivity index (χ1) is 9.52. The van der Waals surface area contributed by atoms with Crippen molar-refractivity contribution in [1.82, 2.24) is 0 Å². The van der Waals surface area contributed by atoms with Gasteiger partial charge in [0.05, 0.1) is 18.8 Å². The quantitative estimate of drug-likeness (QED) is 0.308. The molecule has 2 aromatic rings. The Morgan fingerprint density at radius 2 is 2.00 bits per heavy atom. The lowest BCUT2D eigenvalue weighted by molar-refractivity contribution is 0.102. The molecule has 1 aromatic heterocycles. The molecule has 20 heavy (non-hydrogen) atoms. The van der Waals surface area contributed by atoms with Crippen LogP contribution in [0.3, 0.4) is 0 Å². The lowest BCUT2D eigenvalue weighted by Gasteiger charge is -2.09. The number of carbonyl (C=O) groups is 1. The first-order valence-corrected chi connectivity index (χ1v) is 7.76. The summed E-state index contributed by atoms with van der Waals surface area (Å²) in [5.74, 6) is -0.344. The number of carbonyl (C=O) groups excluding carboxylic acids is 1. The van der Waals surface area contributed by atoms with Crippen LogP contribution < -0.4 is 11.1 Å². The van der Waals surface area contributed by atoms with Crippen LogP contribution in [-0.2, 0) is 0 Å². The molecule has 5 nitrogen and oxygen atoms in total. The molecule has 0 aliphatic rings. The number of thiophene rings is 1. The van der Waals surface area contributed by atoms with Gasteiger partial charge in [-0.3, -0.25) is 4.79 Å². The van der Waals surface area contributed by atoms with Crippen LogP contribution in [-0.4, -0.2) is 17.0 Å². The monoisotopic (exact) mass is 417 g/mol. The lowest BCUT2D eigenvalue weighted by Crippen LogP contribution is -2.19. The van der Waals surface area contributed by atoms with Gasteiger partial charge in [-0.25, -0.2) is 0 Å². The number of anilines is 1. The second-order valence-corrected chi connectivity index (χ2v) is 7.47. The second-order valence-electron chi connectivity index (χ2n) is 3.72. The summed E-state index contributed by atoms with van der Waals surface area (Å²) >= 11 is 8.06. The zero-order chi connectivity index (χ0) is 14.7. The molecule has 2 rings (SSSR count). The Morgan fingerprint density at radius 1 is 1.30 bits per heavy atom. The normalized spacial score (nSPS) is 11.4. The van der Waals surface area contributed by atoms with Gasteiger partial charge in [0.15, 0.2) is 5.84 Å². The topological polar surface area (TPSA) is 87.7 Å². The molecule has 0 aliphatic heterocycles. The highest BCUT2D eigenvalue weighted by Gasteiger charge is 2.16. The number of para-hydroxylation sites is 1. The molecule has 1 aromatic carbocycles. The van der Waals surface area contributed by atoms with Crippen LogP contribution in [0.15, 0.2) is 43.1 Å². The smallest absolute Gasteiger partial charge is 0.257 e. The molecule has 0 aliphatic carbocycles. The fraction of sp³-hybridized carbons (Fsp3) is 0. The van der Waals surface area contributed by atoms with Crippen LogP contribution in [0.5, 0.6) is 0 Å². The highest BCUT2D eigenvalue weighted by Crippen LogP contribution is 2.32.